The van der Waals surface area contributed by atoms with Gasteiger partial charge in [0.1, 0.15) is 18.2 Å². The molecule has 1 spiro atoms. The molecule has 164 valence electrons. The minimum absolute atomic E-state index is 0.0238. The lowest BCUT2D eigenvalue weighted by Crippen LogP contribution is -2.39. The number of benzene rings is 1. The first-order chi connectivity index (χ1) is 15.6. The zero-order valence-corrected chi connectivity index (χ0v) is 17.9. The van der Waals surface area contributed by atoms with Gasteiger partial charge in [0, 0.05) is 48.2 Å². The summed E-state index contributed by atoms with van der Waals surface area (Å²) < 4.78 is 24.9. The maximum Gasteiger partial charge on any atom is 0.253 e. The highest BCUT2D eigenvalue weighted by molar-refractivity contribution is 6.01. The van der Waals surface area contributed by atoms with Gasteiger partial charge in [-0.1, -0.05) is 0 Å². The Hall–Kier alpha value is -3.19. The number of carbonyl (C=O) groups excluding carboxylic acids is 1. The molecule has 1 fully saturated rings. The summed E-state index contributed by atoms with van der Waals surface area (Å²) >= 11 is 0. The highest BCUT2D eigenvalue weighted by Gasteiger charge is 2.51. The number of aromatic nitrogens is 2. The van der Waals surface area contributed by atoms with Gasteiger partial charge in [0.2, 0.25) is 0 Å². The number of rotatable bonds is 5. The van der Waals surface area contributed by atoms with Crippen LogP contribution in [-0.4, -0.2) is 42.7 Å². The molecule has 0 atom stereocenters. The number of pyridine rings is 1. The fourth-order valence-corrected chi connectivity index (χ4v) is 5.04. The maximum atomic E-state index is 14.3. The van der Waals surface area contributed by atoms with E-state index < -0.39 is 0 Å². The van der Waals surface area contributed by atoms with Crippen LogP contribution in [0, 0.1) is 5.82 Å². The molecule has 2 N–H and O–H groups in total. The average Bonchev–Trinajstić information content (AvgIpc) is 3.45. The topological polar surface area (TPSA) is 76.2 Å². The number of amides is 1. The largest absolute Gasteiger partial charge is 0.491 e. The van der Waals surface area contributed by atoms with E-state index in [0.29, 0.717) is 36.8 Å². The van der Waals surface area contributed by atoms with Crippen molar-refractivity contribution in [3.05, 3.63) is 58.7 Å². The zero-order valence-electron chi connectivity index (χ0n) is 17.9. The van der Waals surface area contributed by atoms with E-state index in [4.69, 9.17) is 9.47 Å². The number of carbonyl (C=O) groups is 1. The second kappa shape index (κ2) is 7.17. The fraction of sp³-hybridized carbons (Fsp3) is 0.360. The van der Waals surface area contributed by atoms with Gasteiger partial charge in [-0.25, -0.2) is 4.39 Å². The number of H-pyrrole nitrogens is 1. The molecule has 2 aromatic heterocycles. The molecule has 0 unspecified atom stereocenters. The first-order valence-corrected chi connectivity index (χ1v) is 11.0. The van der Waals surface area contributed by atoms with Crippen molar-refractivity contribution in [3.63, 3.8) is 0 Å². The molecular weight excluding hydrogens is 409 g/mol. The van der Waals surface area contributed by atoms with Crippen LogP contribution < -0.4 is 10.1 Å². The lowest BCUT2D eigenvalue weighted by molar-refractivity contribution is 0.0936. The fourth-order valence-electron chi connectivity index (χ4n) is 5.04. The number of halogens is 1. The summed E-state index contributed by atoms with van der Waals surface area (Å²) in [6, 6.07) is 6.63. The number of hydrogen-bond acceptors (Lipinski definition) is 4. The lowest BCUT2D eigenvalue weighted by atomic mass is 9.86. The van der Waals surface area contributed by atoms with E-state index >= 15 is 0 Å². The summed E-state index contributed by atoms with van der Waals surface area (Å²) in [5, 5.41) is 3.09. The number of ether oxygens (including phenoxy) is 2. The van der Waals surface area contributed by atoms with Crippen LogP contribution >= 0.6 is 0 Å². The number of aryl methyl sites for hydroxylation is 1. The Morgan fingerprint density at radius 2 is 2.03 bits per heavy atom. The number of hydrogen-bond donors (Lipinski definition) is 2. The highest BCUT2D eigenvalue weighted by atomic mass is 19.1. The van der Waals surface area contributed by atoms with Gasteiger partial charge in [-0.3, -0.25) is 9.78 Å². The van der Waals surface area contributed by atoms with Crippen LogP contribution in [0.2, 0.25) is 0 Å². The molecule has 3 heterocycles. The van der Waals surface area contributed by atoms with Crippen molar-refractivity contribution in [3.8, 4) is 28.3 Å². The molecule has 7 heteroatoms. The van der Waals surface area contributed by atoms with Crippen LogP contribution in [0.15, 0.2) is 30.5 Å². The number of fused-ring (bicyclic) bond motifs is 6. The molecule has 6 rings (SSSR count). The Labute approximate surface area is 185 Å². The molecule has 0 bridgehead atoms. The third-order valence-electron chi connectivity index (χ3n) is 6.93. The van der Waals surface area contributed by atoms with Gasteiger partial charge in [0.15, 0.2) is 0 Å². The van der Waals surface area contributed by atoms with Crippen molar-refractivity contribution in [1.29, 1.82) is 0 Å². The predicted molar refractivity (Wildman–Crippen MR) is 117 cm³/mol. The van der Waals surface area contributed by atoms with E-state index in [9.17, 15) is 9.18 Å². The van der Waals surface area contributed by atoms with Crippen LogP contribution in [0.3, 0.4) is 0 Å². The zero-order chi connectivity index (χ0) is 21.9. The second-order valence-electron chi connectivity index (χ2n) is 8.94. The molecule has 2 aliphatic carbocycles. The van der Waals surface area contributed by atoms with Crippen LogP contribution in [0.5, 0.6) is 5.75 Å². The SMILES string of the molecule is COCCOc1cc(F)cc(-c2cc3c(cn2)CCc2c-3[nH]c3c2C(=O)NCC32CC2)c1. The third-order valence-corrected chi connectivity index (χ3v) is 6.93. The maximum absolute atomic E-state index is 14.3. The van der Waals surface area contributed by atoms with Gasteiger partial charge >= 0.3 is 0 Å². The molecular formula is C25H24FN3O3. The number of nitrogens with zero attached hydrogens (tertiary/aromatic N) is 1. The van der Waals surface area contributed by atoms with Gasteiger partial charge in [-0.05, 0) is 55.0 Å². The molecule has 1 aliphatic heterocycles. The molecule has 1 aromatic carbocycles. The van der Waals surface area contributed by atoms with Gasteiger partial charge in [0.25, 0.3) is 5.91 Å². The molecule has 32 heavy (non-hydrogen) atoms. The Kier molecular flexibility index (Phi) is 4.37. The summed E-state index contributed by atoms with van der Waals surface area (Å²) in [5.74, 6) is 0.0912. The first kappa shape index (κ1) is 19.5. The van der Waals surface area contributed by atoms with Crippen LogP contribution in [0.1, 0.15) is 40.0 Å². The second-order valence-corrected chi connectivity index (χ2v) is 8.94. The van der Waals surface area contributed by atoms with Gasteiger partial charge in [-0.2, -0.15) is 0 Å². The van der Waals surface area contributed by atoms with Crippen LogP contribution in [0.4, 0.5) is 4.39 Å². The van der Waals surface area contributed by atoms with Crippen molar-refractivity contribution < 1.29 is 18.7 Å². The Morgan fingerprint density at radius 3 is 2.84 bits per heavy atom. The third kappa shape index (κ3) is 3.03. The van der Waals surface area contributed by atoms with Gasteiger partial charge < -0.3 is 19.8 Å². The Balaban J connectivity index is 1.42. The van der Waals surface area contributed by atoms with Crippen LogP contribution in [0.25, 0.3) is 22.5 Å². The van der Waals surface area contributed by atoms with Crippen molar-refractivity contribution in [1.82, 2.24) is 15.3 Å². The summed E-state index contributed by atoms with van der Waals surface area (Å²) in [6.45, 7) is 1.48. The van der Waals surface area contributed by atoms with E-state index in [0.717, 1.165) is 59.3 Å². The van der Waals surface area contributed by atoms with E-state index in [1.165, 1.54) is 12.1 Å². The minimum Gasteiger partial charge on any atom is -0.491 e. The smallest absolute Gasteiger partial charge is 0.253 e. The summed E-state index contributed by atoms with van der Waals surface area (Å²) in [4.78, 5) is 20.9. The summed E-state index contributed by atoms with van der Waals surface area (Å²) in [7, 11) is 1.60. The monoisotopic (exact) mass is 433 g/mol. The summed E-state index contributed by atoms with van der Waals surface area (Å²) in [5.41, 5.74) is 7.62. The molecule has 0 saturated heterocycles. The lowest BCUT2D eigenvalue weighted by Gasteiger charge is -2.23. The Bertz CT molecular complexity index is 1250. The Morgan fingerprint density at radius 1 is 1.16 bits per heavy atom. The molecule has 1 saturated carbocycles. The van der Waals surface area contributed by atoms with E-state index in [1.54, 1.807) is 13.2 Å². The minimum atomic E-state index is -0.377. The summed E-state index contributed by atoms with van der Waals surface area (Å²) in [6.07, 6.45) is 5.72. The predicted octanol–water partition coefficient (Wildman–Crippen LogP) is 3.78. The first-order valence-electron chi connectivity index (χ1n) is 11.0. The van der Waals surface area contributed by atoms with Crippen molar-refractivity contribution in [2.45, 2.75) is 31.1 Å². The molecule has 1 amide bonds. The molecule has 0 radical (unpaired) electrons. The van der Waals surface area contributed by atoms with Gasteiger partial charge in [-0.15, -0.1) is 0 Å². The van der Waals surface area contributed by atoms with Crippen molar-refractivity contribution in [2.75, 3.05) is 26.9 Å². The standard InChI is InChI=1S/C25H24FN3O3/c1-31-6-7-32-17-9-15(8-16(26)10-17)20-11-19-14(12-27-20)2-3-18-21-23(29-22(18)19)25(4-5-25)13-28-24(21)30/h8-12,29H,2-7,13H2,1H3,(H,28,30). The molecule has 3 aliphatic rings. The van der Waals surface area contributed by atoms with Crippen LogP contribution in [-0.2, 0) is 23.0 Å². The van der Waals surface area contributed by atoms with E-state index in [-0.39, 0.29) is 17.1 Å². The number of nitrogens with one attached hydrogen (secondary N) is 2. The molecule has 6 nitrogen and oxygen atoms in total. The van der Waals surface area contributed by atoms with E-state index in [1.807, 2.05) is 12.3 Å². The quantitative estimate of drug-likeness (QED) is 0.601. The van der Waals surface area contributed by atoms with E-state index in [2.05, 4.69) is 15.3 Å². The highest BCUT2D eigenvalue weighted by Crippen LogP contribution is 2.52. The van der Waals surface area contributed by atoms with Gasteiger partial charge in [0.05, 0.1) is 23.6 Å². The number of aromatic amines is 1. The average molecular weight is 433 g/mol. The molecule has 3 aromatic rings. The number of methoxy groups -OCH3 is 1. The normalized spacial score (nSPS) is 17.4. The van der Waals surface area contributed by atoms with Crippen molar-refractivity contribution in [2.24, 2.45) is 0 Å². The van der Waals surface area contributed by atoms with Crippen molar-refractivity contribution >= 4 is 5.91 Å².